The molecule has 200 valence electrons. The molecule has 0 amide bonds. The molecular formula is C32H42O5. The molecule has 3 rings (SSSR count). The third-order valence-electron chi connectivity index (χ3n) is 7.52. The molecule has 3 aromatic rings. The molecule has 0 unspecified atom stereocenters. The molecule has 0 radical (unpaired) electrons. The minimum atomic E-state index is -1.03. The second-order valence-electron chi connectivity index (χ2n) is 10.3. The fourth-order valence-electron chi connectivity index (χ4n) is 5.18. The number of phenols is 5. The van der Waals surface area contributed by atoms with E-state index in [1.54, 1.807) is 24.3 Å². The smallest absolute Gasteiger partial charge is 0.123 e. The van der Waals surface area contributed by atoms with E-state index in [0.717, 1.165) is 68.1 Å². The van der Waals surface area contributed by atoms with Gasteiger partial charge in [0.1, 0.15) is 28.7 Å². The third kappa shape index (κ3) is 6.51. The molecule has 5 N–H and O–H groups in total. The number of rotatable bonds is 13. The molecular weight excluding hydrogens is 464 g/mol. The van der Waals surface area contributed by atoms with Crippen molar-refractivity contribution < 1.29 is 25.5 Å². The van der Waals surface area contributed by atoms with Crippen LogP contribution in [-0.4, -0.2) is 25.5 Å². The molecule has 5 heteroatoms. The van der Waals surface area contributed by atoms with Gasteiger partial charge in [0, 0.05) is 28.7 Å². The van der Waals surface area contributed by atoms with Gasteiger partial charge in [0.05, 0.1) is 0 Å². The first-order valence-corrected chi connectivity index (χ1v) is 13.6. The van der Waals surface area contributed by atoms with Crippen molar-refractivity contribution in [1.82, 2.24) is 0 Å². The topological polar surface area (TPSA) is 101 Å². The van der Waals surface area contributed by atoms with Crippen molar-refractivity contribution in [2.75, 3.05) is 0 Å². The zero-order chi connectivity index (χ0) is 27.0. The first-order chi connectivity index (χ1) is 17.7. The van der Waals surface area contributed by atoms with Gasteiger partial charge in [-0.2, -0.15) is 0 Å². The lowest BCUT2D eigenvalue weighted by Gasteiger charge is -2.34. The molecule has 3 aromatic carbocycles. The zero-order valence-electron chi connectivity index (χ0n) is 22.4. The van der Waals surface area contributed by atoms with Crippen LogP contribution < -0.4 is 0 Å². The van der Waals surface area contributed by atoms with Gasteiger partial charge >= 0.3 is 0 Å². The van der Waals surface area contributed by atoms with Gasteiger partial charge in [-0.05, 0) is 73.6 Å². The fraction of sp³-hybridized carbons (Fsp3) is 0.438. The van der Waals surface area contributed by atoms with Crippen molar-refractivity contribution in [1.29, 1.82) is 0 Å². The summed E-state index contributed by atoms with van der Waals surface area (Å²) in [6, 6.07) is 13.1. The van der Waals surface area contributed by atoms with E-state index in [-0.39, 0.29) is 28.7 Å². The van der Waals surface area contributed by atoms with Gasteiger partial charge < -0.3 is 25.5 Å². The summed E-state index contributed by atoms with van der Waals surface area (Å²) in [4.78, 5) is 0. The second-order valence-corrected chi connectivity index (χ2v) is 10.3. The van der Waals surface area contributed by atoms with Crippen LogP contribution in [0.2, 0.25) is 0 Å². The Morgan fingerprint density at radius 2 is 0.973 bits per heavy atom. The normalized spacial score (nSPS) is 11.6. The van der Waals surface area contributed by atoms with Crippen molar-refractivity contribution in [3.63, 3.8) is 0 Å². The van der Waals surface area contributed by atoms with Crippen LogP contribution in [0.25, 0.3) is 0 Å². The van der Waals surface area contributed by atoms with Crippen LogP contribution in [-0.2, 0) is 18.3 Å². The maximum atomic E-state index is 11.1. The molecule has 0 aliphatic heterocycles. The molecule has 0 saturated carbocycles. The predicted octanol–water partition coefficient (Wildman–Crippen LogP) is 7.81. The highest BCUT2D eigenvalue weighted by Crippen LogP contribution is 2.49. The lowest BCUT2D eigenvalue weighted by Crippen LogP contribution is -2.26. The Morgan fingerprint density at radius 3 is 1.38 bits per heavy atom. The molecule has 0 heterocycles. The van der Waals surface area contributed by atoms with Crippen molar-refractivity contribution in [3.05, 3.63) is 76.3 Å². The summed E-state index contributed by atoms with van der Waals surface area (Å²) in [5.74, 6) is 0.0589. The Bertz CT molecular complexity index is 1100. The van der Waals surface area contributed by atoms with Crippen LogP contribution in [0.5, 0.6) is 28.7 Å². The van der Waals surface area contributed by atoms with Gasteiger partial charge in [0.25, 0.3) is 0 Å². The first-order valence-electron chi connectivity index (χ1n) is 13.6. The molecule has 0 aliphatic carbocycles. The van der Waals surface area contributed by atoms with Crippen LogP contribution in [0.3, 0.4) is 0 Å². The Hall–Kier alpha value is -3.34. The fourth-order valence-corrected chi connectivity index (χ4v) is 5.18. The molecule has 0 saturated heterocycles. The largest absolute Gasteiger partial charge is 0.508 e. The standard InChI is InChI=1S/C32H42O5/c1-4-6-8-10-12-22-18-26(30(36)20-28(22)34)32(3,24-14-16-25(33)17-15-24)27-19-23(13-11-9-7-5-2)29(35)21-31(27)37/h14-21,33-37H,4-13H2,1-3H3. The van der Waals surface area contributed by atoms with E-state index in [4.69, 9.17) is 0 Å². The maximum Gasteiger partial charge on any atom is 0.123 e. The van der Waals surface area contributed by atoms with Crippen LogP contribution in [0.4, 0.5) is 0 Å². The maximum absolute atomic E-state index is 11.1. The van der Waals surface area contributed by atoms with E-state index in [0.29, 0.717) is 24.0 Å². The molecule has 5 nitrogen and oxygen atoms in total. The van der Waals surface area contributed by atoms with E-state index in [1.165, 1.54) is 12.1 Å². The highest BCUT2D eigenvalue weighted by molar-refractivity contribution is 5.62. The van der Waals surface area contributed by atoms with Gasteiger partial charge in [-0.1, -0.05) is 64.5 Å². The summed E-state index contributed by atoms with van der Waals surface area (Å²) < 4.78 is 0. The van der Waals surface area contributed by atoms with Gasteiger partial charge in [-0.25, -0.2) is 0 Å². The monoisotopic (exact) mass is 506 g/mol. The molecule has 0 aromatic heterocycles. The highest BCUT2D eigenvalue weighted by Gasteiger charge is 2.37. The van der Waals surface area contributed by atoms with Crippen molar-refractivity contribution in [3.8, 4) is 28.7 Å². The number of benzene rings is 3. The third-order valence-corrected chi connectivity index (χ3v) is 7.52. The Kier molecular flexibility index (Phi) is 9.73. The van der Waals surface area contributed by atoms with Crippen LogP contribution in [0.1, 0.15) is 100.0 Å². The summed E-state index contributed by atoms with van der Waals surface area (Å²) in [5.41, 5.74) is 2.29. The SMILES string of the molecule is CCCCCCc1cc(C(C)(c2ccc(O)cc2)c2cc(CCCCCC)c(O)cc2O)c(O)cc1O. The second kappa shape index (κ2) is 12.8. The Morgan fingerprint density at radius 1 is 0.541 bits per heavy atom. The van der Waals surface area contributed by atoms with E-state index in [9.17, 15) is 25.5 Å². The van der Waals surface area contributed by atoms with Crippen molar-refractivity contribution in [2.24, 2.45) is 0 Å². The van der Waals surface area contributed by atoms with E-state index in [1.807, 2.05) is 19.1 Å². The van der Waals surface area contributed by atoms with Crippen molar-refractivity contribution >= 4 is 0 Å². The molecule has 0 bridgehead atoms. The molecule has 0 spiro atoms. The molecule has 0 aliphatic rings. The quantitative estimate of drug-likeness (QED) is 0.120. The summed E-state index contributed by atoms with van der Waals surface area (Å²) in [7, 11) is 0. The molecule has 0 fully saturated rings. The lowest BCUT2D eigenvalue weighted by atomic mass is 9.69. The summed E-state index contributed by atoms with van der Waals surface area (Å²) in [6.45, 7) is 6.22. The Balaban J connectivity index is 2.17. The van der Waals surface area contributed by atoms with Crippen molar-refractivity contribution in [2.45, 2.75) is 90.4 Å². The van der Waals surface area contributed by atoms with Crippen LogP contribution >= 0.6 is 0 Å². The average Bonchev–Trinajstić information content (AvgIpc) is 2.86. The van der Waals surface area contributed by atoms with E-state index in [2.05, 4.69) is 13.8 Å². The number of aryl methyl sites for hydroxylation is 2. The number of aromatic hydroxyl groups is 5. The average molecular weight is 507 g/mol. The number of hydrogen-bond donors (Lipinski definition) is 5. The highest BCUT2D eigenvalue weighted by atomic mass is 16.3. The Labute approximate surface area is 221 Å². The summed E-state index contributed by atoms with van der Waals surface area (Å²) in [5, 5.41) is 53.4. The zero-order valence-corrected chi connectivity index (χ0v) is 22.4. The van der Waals surface area contributed by atoms with E-state index < -0.39 is 5.41 Å². The van der Waals surface area contributed by atoms with Crippen LogP contribution in [0.15, 0.2) is 48.5 Å². The number of unbranched alkanes of at least 4 members (excludes halogenated alkanes) is 6. The summed E-state index contributed by atoms with van der Waals surface area (Å²) in [6.07, 6.45) is 9.80. The number of hydrogen-bond acceptors (Lipinski definition) is 5. The van der Waals surface area contributed by atoms with Gasteiger partial charge in [0.15, 0.2) is 0 Å². The van der Waals surface area contributed by atoms with E-state index >= 15 is 0 Å². The molecule has 37 heavy (non-hydrogen) atoms. The minimum absolute atomic E-state index is 0.0531. The van der Waals surface area contributed by atoms with Gasteiger partial charge in [-0.3, -0.25) is 0 Å². The summed E-state index contributed by atoms with van der Waals surface area (Å²) >= 11 is 0. The van der Waals surface area contributed by atoms with Gasteiger partial charge in [0.2, 0.25) is 0 Å². The molecule has 0 atom stereocenters. The lowest BCUT2D eigenvalue weighted by molar-refractivity contribution is 0.423. The van der Waals surface area contributed by atoms with Gasteiger partial charge in [-0.15, -0.1) is 0 Å². The minimum Gasteiger partial charge on any atom is -0.508 e. The first kappa shape index (κ1) is 28.2. The predicted molar refractivity (Wildman–Crippen MR) is 149 cm³/mol. The van der Waals surface area contributed by atoms with Crippen LogP contribution in [0, 0.1) is 0 Å². The number of phenolic OH excluding ortho intramolecular Hbond substituents is 5.